The molecular weight excluding hydrogens is 235 g/mol. The maximum absolute atomic E-state index is 11.9. The summed E-state index contributed by atoms with van der Waals surface area (Å²) in [5.74, 6) is 0. The molecule has 17 heavy (non-hydrogen) atoms. The summed E-state index contributed by atoms with van der Waals surface area (Å²) in [6.45, 7) is 4.03. The highest BCUT2D eigenvalue weighted by atomic mass is 31.2. The van der Waals surface area contributed by atoms with E-state index in [9.17, 15) is 9.46 Å². The summed E-state index contributed by atoms with van der Waals surface area (Å²) in [4.78, 5) is 13.8. The van der Waals surface area contributed by atoms with Crippen LogP contribution in [0.1, 0.15) is 32.3 Å². The van der Waals surface area contributed by atoms with Gasteiger partial charge in [-0.05, 0) is 30.9 Å². The number of aromatic nitrogens is 1. The van der Waals surface area contributed by atoms with Crippen molar-refractivity contribution in [2.45, 2.75) is 39.2 Å². The molecule has 0 fully saturated rings. The Balaban J connectivity index is 2.47. The van der Waals surface area contributed by atoms with Crippen molar-refractivity contribution < 1.29 is 9.46 Å². The van der Waals surface area contributed by atoms with E-state index in [1.54, 1.807) is 12.4 Å². The fraction of sp³-hybridized carbons (Fsp3) is 0.583. The molecular formula is C12H21N2O2P. The van der Waals surface area contributed by atoms with Crippen LogP contribution in [0.3, 0.4) is 0 Å². The molecule has 0 spiro atoms. The molecule has 1 atom stereocenters. The Morgan fingerprint density at radius 2 is 2.18 bits per heavy atom. The molecule has 0 amide bonds. The largest absolute Gasteiger partial charge is 0.333 e. The van der Waals surface area contributed by atoms with E-state index in [1.165, 1.54) is 0 Å². The minimum absolute atomic E-state index is 0.125. The van der Waals surface area contributed by atoms with Crippen molar-refractivity contribution in [1.29, 1.82) is 0 Å². The first-order chi connectivity index (χ1) is 8.07. The average Bonchev–Trinajstić information content (AvgIpc) is 2.35. The van der Waals surface area contributed by atoms with Crippen LogP contribution in [0, 0.1) is 0 Å². The molecule has 0 saturated carbocycles. The Morgan fingerprint density at radius 1 is 1.47 bits per heavy atom. The van der Waals surface area contributed by atoms with Crippen molar-refractivity contribution in [3.63, 3.8) is 0 Å². The lowest BCUT2D eigenvalue weighted by Gasteiger charge is -2.19. The monoisotopic (exact) mass is 256 g/mol. The summed E-state index contributed by atoms with van der Waals surface area (Å²) in [7, 11) is -3.22. The van der Waals surface area contributed by atoms with Crippen LogP contribution in [-0.2, 0) is 11.0 Å². The number of pyridine rings is 1. The molecule has 0 aliphatic carbocycles. The quantitative estimate of drug-likeness (QED) is 0.736. The Hall–Kier alpha value is -0.700. The second-order valence-corrected chi connectivity index (χ2v) is 6.29. The molecule has 0 aliphatic rings. The van der Waals surface area contributed by atoms with Gasteiger partial charge in [-0.15, -0.1) is 0 Å². The van der Waals surface area contributed by atoms with Gasteiger partial charge >= 0.3 is 0 Å². The van der Waals surface area contributed by atoms with E-state index in [2.05, 4.69) is 10.1 Å². The molecule has 0 saturated heterocycles. The average molecular weight is 256 g/mol. The molecule has 0 aliphatic heterocycles. The second kappa shape index (κ2) is 6.90. The number of aryl methyl sites for hydroxylation is 1. The Morgan fingerprint density at radius 3 is 2.71 bits per heavy atom. The van der Waals surface area contributed by atoms with Crippen LogP contribution >= 0.6 is 7.52 Å². The molecule has 96 valence electrons. The Bertz CT molecular complexity index is 366. The number of hydrogen-bond donors (Lipinski definition) is 2. The Kier molecular flexibility index (Phi) is 5.83. The van der Waals surface area contributed by atoms with E-state index in [0.29, 0.717) is 6.42 Å². The van der Waals surface area contributed by atoms with Gasteiger partial charge in [-0.2, -0.15) is 0 Å². The second-order valence-electron chi connectivity index (χ2n) is 4.18. The molecule has 0 radical (unpaired) electrons. The first-order valence-corrected chi connectivity index (χ1v) is 7.90. The van der Waals surface area contributed by atoms with Crippen LogP contribution in [0.4, 0.5) is 0 Å². The number of nitrogens with one attached hydrogen (secondary N) is 1. The summed E-state index contributed by atoms with van der Waals surface area (Å²) in [6.07, 6.45) is 6.01. The third-order valence-electron chi connectivity index (χ3n) is 2.80. The standard InChI is InChI=1S/C12H21N2O2P/c1-3-12(4-2)14-17(15,16)9-7-11-6-5-8-13-10-11/h5-6,8,10,12H,3-4,7,9H2,1-2H3,(H2,14,15,16). The van der Waals surface area contributed by atoms with Crippen molar-refractivity contribution in [1.82, 2.24) is 10.1 Å². The number of hydrogen-bond acceptors (Lipinski definition) is 2. The van der Waals surface area contributed by atoms with Crippen molar-refractivity contribution in [3.05, 3.63) is 30.1 Å². The molecule has 0 bridgehead atoms. The number of nitrogens with zero attached hydrogens (tertiary/aromatic N) is 1. The van der Waals surface area contributed by atoms with Crippen LogP contribution < -0.4 is 5.09 Å². The fourth-order valence-electron chi connectivity index (χ4n) is 1.65. The summed E-state index contributed by atoms with van der Waals surface area (Å²) < 4.78 is 11.9. The summed E-state index contributed by atoms with van der Waals surface area (Å²) in [5.41, 5.74) is 0.994. The third kappa shape index (κ3) is 5.44. The highest BCUT2D eigenvalue weighted by Crippen LogP contribution is 2.37. The van der Waals surface area contributed by atoms with Gasteiger partial charge in [0.25, 0.3) is 7.52 Å². The normalized spacial score (nSPS) is 14.8. The van der Waals surface area contributed by atoms with E-state index >= 15 is 0 Å². The SMILES string of the molecule is CCC(CC)NP(=O)(O)CCc1cccnc1. The maximum atomic E-state index is 11.9. The topological polar surface area (TPSA) is 62.2 Å². The van der Waals surface area contributed by atoms with E-state index in [0.717, 1.165) is 18.4 Å². The van der Waals surface area contributed by atoms with Gasteiger partial charge in [0.05, 0.1) is 0 Å². The van der Waals surface area contributed by atoms with Crippen molar-refractivity contribution in [2.75, 3.05) is 6.16 Å². The highest BCUT2D eigenvalue weighted by molar-refractivity contribution is 7.55. The van der Waals surface area contributed by atoms with Gasteiger partial charge in [0, 0.05) is 24.6 Å². The molecule has 1 unspecified atom stereocenters. The highest BCUT2D eigenvalue weighted by Gasteiger charge is 2.20. The van der Waals surface area contributed by atoms with Gasteiger partial charge in [-0.3, -0.25) is 9.55 Å². The molecule has 4 nitrogen and oxygen atoms in total. The molecule has 1 aromatic rings. The third-order valence-corrected chi connectivity index (χ3v) is 4.39. The van der Waals surface area contributed by atoms with Gasteiger partial charge in [-0.25, -0.2) is 5.09 Å². The predicted molar refractivity (Wildman–Crippen MR) is 70.1 cm³/mol. The molecule has 1 rings (SSSR count). The van der Waals surface area contributed by atoms with Gasteiger partial charge in [0.15, 0.2) is 0 Å². The number of rotatable bonds is 7. The van der Waals surface area contributed by atoms with Crippen LogP contribution in [0.5, 0.6) is 0 Å². The minimum Gasteiger partial charge on any atom is -0.333 e. The van der Waals surface area contributed by atoms with Gasteiger partial charge < -0.3 is 4.89 Å². The predicted octanol–water partition coefficient (Wildman–Crippen LogP) is 2.59. The van der Waals surface area contributed by atoms with E-state index in [-0.39, 0.29) is 12.2 Å². The van der Waals surface area contributed by atoms with Crippen LogP contribution in [0.2, 0.25) is 0 Å². The van der Waals surface area contributed by atoms with Gasteiger partial charge in [-0.1, -0.05) is 19.9 Å². The lowest BCUT2D eigenvalue weighted by Crippen LogP contribution is -2.26. The van der Waals surface area contributed by atoms with E-state index in [1.807, 2.05) is 26.0 Å². The van der Waals surface area contributed by atoms with Crippen LogP contribution in [-0.4, -0.2) is 22.1 Å². The zero-order valence-electron chi connectivity index (χ0n) is 10.5. The molecule has 2 N–H and O–H groups in total. The van der Waals surface area contributed by atoms with Gasteiger partial charge in [0.2, 0.25) is 0 Å². The van der Waals surface area contributed by atoms with E-state index in [4.69, 9.17) is 0 Å². The maximum Gasteiger partial charge on any atom is 0.267 e. The molecule has 0 aromatic carbocycles. The summed E-state index contributed by atoms with van der Waals surface area (Å²) in [6, 6.07) is 3.88. The molecule has 1 aromatic heterocycles. The van der Waals surface area contributed by atoms with Crippen LogP contribution in [0.15, 0.2) is 24.5 Å². The first kappa shape index (κ1) is 14.4. The molecule has 5 heteroatoms. The zero-order valence-corrected chi connectivity index (χ0v) is 11.4. The van der Waals surface area contributed by atoms with Crippen molar-refractivity contribution in [3.8, 4) is 0 Å². The first-order valence-electron chi connectivity index (χ1n) is 6.06. The van der Waals surface area contributed by atoms with E-state index < -0.39 is 7.52 Å². The summed E-state index contributed by atoms with van der Waals surface area (Å²) in [5, 5.41) is 2.85. The lowest BCUT2D eigenvalue weighted by molar-refractivity contribution is 0.439. The summed E-state index contributed by atoms with van der Waals surface area (Å²) >= 11 is 0. The smallest absolute Gasteiger partial charge is 0.267 e. The molecule has 1 heterocycles. The van der Waals surface area contributed by atoms with Gasteiger partial charge in [0.1, 0.15) is 0 Å². The van der Waals surface area contributed by atoms with Crippen molar-refractivity contribution >= 4 is 7.52 Å². The lowest BCUT2D eigenvalue weighted by atomic mass is 10.2. The van der Waals surface area contributed by atoms with Crippen LogP contribution in [0.25, 0.3) is 0 Å². The zero-order chi connectivity index (χ0) is 12.7. The minimum atomic E-state index is -3.22. The fourth-order valence-corrected chi connectivity index (χ4v) is 3.27. The van der Waals surface area contributed by atoms with Crippen molar-refractivity contribution in [2.24, 2.45) is 0 Å². The Labute approximate surface area is 103 Å².